The Bertz CT molecular complexity index is 934. The second-order valence-corrected chi connectivity index (χ2v) is 6.00. The Balaban J connectivity index is 1.70. The van der Waals surface area contributed by atoms with Crippen LogP contribution in [-0.2, 0) is 6.54 Å². The van der Waals surface area contributed by atoms with Crippen molar-refractivity contribution in [2.45, 2.75) is 20.4 Å². The molecule has 1 N–H and O–H groups in total. The van der Waals surface area contributed by atoms with Crippen LogP contribution in [0.15, 0.2) is 42.5 Å². The number of aryl methyl sites for hydroxylation is 2. The monoisotopic (exact) mass is 304 g/mol. The molecule has 2 amide bonds. The zero-order valence-electron chi connectivity index (χ0n) is 13.0. The van der Waals surface area contributed by atoms with Gasteiger partial charge in [0.1, 0.15) is 0 Å². The molecule has 0 spiro atoms. The summed E-state index contributed by atoms with van der Waals surface area (Å²) in [7, 11) is 0. The molecule has 0 atom stereocenters. The summed E-state index contributed by atoms with van der Waals surface area (Å²) < 4.78 is 0. The summed E-state index contributed by atoms with van der Waals surface area (Å²) in [5.41, 5.74) is 5.35. The van der Waals surface area contributed by atoms with Crippen molar-refractivity contribution in [1.29, 1.82) is 0 Å². The van der Waals surface area contributed by atoms with Crippen LogP contribution in [-0.4, -0.2) is 21.7 Å². The molecule has 0 aliphatic carbocycles. The van der Waals surface area contributed by atoms with E-state index in [4.69, 9.17) is 0 Å². The van der Waals surface area contributed by atoms with Crippen LogP contribution in [0.4, 0.5) is 0 Å². The number of benzene rings is 2. The second kappa shape index (κ2) is 4.81. The van der Waals surface area contributed by atoms with E-state index in [-0.39, 0.29) is 11.8 Å². The molecule has 2 heterocycles. The summed E-state index contributed by atoms with van der Waals surface area (Å²) in [6, 6.07) is 13.0. The highest BCUT2D eigenvalue weighted by molar-refractivity contribution is 6.21. The highest BCUT2D eigenvalue weighted by atomic mass is 16.2. The minimum Gasteiger partial charge on any atom is -0.358 e. The first-order chi connectivity index (χ1) is 11.1. The third-order valence-corrected chi connectivity index (χ3v) is 4.59. The summed E-state index contributed by atoms with van der Waals surface area (Å²) in [5, 5.41) is 1.14. The molecular formula is C19H16N2O2. The van der Waals surface area contributed by atoms with Crippen LogP contribution < -0.4 is 0 Å². The maximum Gasteiger partial charge on any atom is 0.261 e. The molecule has 0 fully saturated rings. The van der Waals surface area contributed by atoms with Crippen molar-refractivity contribution in [2.75, 3.05) is 0 Å². The molecule has 23 heavy (non-hydrogen) atoms. The van der Waals surface area contributed by atoms with Gasteiger partial charge in [-0.25, -0.2) is 0 Å². The summed E-state index contributed by atoms with van der Waals surface area (Å²) in [6.45, 7) is 4.41. The number of nitrogens with one attached hydrogen (secondary N) is 1. The second-order valence-electron chi connectivity index (χ2n) is 6.00. The minimum atomic E-state index is -0.215. The quantitative estimate of drug-likeness (QED) is 0.736. The molecule has 3 aromatic rings. The molecule has 0 unspecified atom stereocenters. The fourth-order valence-corrected chi connectivity index (χ4v) is 3.17. The number of hydrogen-bond acceptors (Lipinski definition) is 2. The van der Waals surface area contributed by atoms with Gasteiger partial charge < -0.3 is 4.98 Å². The van der Waals surface area contributed by atoms with Crippen molar-refractivity contribution in [3.05, 3.63) is 70.4 Å². The van der Waals surface area contributed by atoms with Crippen LogP contribution in [0.25, 0.3) is 10.9 Å². The first-order valence-electron chi connectivity index (χ1n) is 7.59. The number of amides is 2. The van der Waals surface area contributed by atoms with Crippen molar-refractivity contribution in [3.63, 3.8) is 0 Å². The fraction of sp³-hybridized carbons (Fsp3) is 0.158. The number of fused-ring (bicyclic) bond motifs is 2. The van der Waals surface area contributed by atoms with Gasteiger partial charge in [0.15, 0.2) is 0 Å². The Kier molecular flexibility index (Phi) is 2.88. The molecule has 4 rings (SSSR count). The van der Waals surface area contributed by atoms with Gasteiger partial charge in [0.05, 0.1) is 17.7 Å². The zero-order valence-corrected chi connectivity index (χ0v) is 13.0. The van der Waals surface area contributed by atoms with Crippen LogP contribution in [0.5, 0.6) is 0 Å². The van der Waals surface area contributed by atoms with E-state index in [0.717, 1.165) is 22.2 Å². The van der Waals surface area contributed by atoms with Gasteiger partial charge in [-0.15, -0.1) is 0 Å². The molecular weight excluding hydrogens is 288 g/mol. The van der Waals surface area contributed by atoms with Crippen molar-refractivity contribution in [1.82, 2.24) is 9.88 Å². The van der Waals surface area contributed by atoms with Crippen molar-refractivity contribution in [3.8, 4) is 0 Å². The number of imide groups is 1. The van der Waals surface area contributed by atoms with Gasteiger partial charge in [-0.3, -0.25) is 14.5 Å². The van der Waals surface area contributed by atoms with E-state index in [0.29, 0.717) is 17.7 Å². The van der Waals surface area contributed by atoms with Crippen LogP contribution >= 0.6 is 0 Å². The number of nitrogens with zero attached hydrogens (tertiary/aromatic N) is 1. The Hall–Kier alpha value is -2.88. The fourth-order valence-electron chi connectivity index (χ4n) is 3.17. The molecule has 2 aromatic carbocycles. The van der Waals surface area contributed by atoms with Crippen LogP contribution in [0.2, 0.25) is 0 Å². The summed E-state index contributed by atoms with van der Waals surface area (Å²) in [4.78, 5) is 29.5. The van der Waals surface area contributed by atoms with Gasteiger partial charge in [-0.05, 0) is 49.2 Å². The lowest BCUT2D eigenvalue weighted by Crippen LogP contribution is -2.29. The summed E-state index contributed by atoms with van der Waals surface area (Å²) >= 11 is 0. The first-order valence-corrected chi connectivity index (χ1v) is 7.59. The molecule has 4 heteroatoms. The summed E-state index contributed by atoms with van der Waals surface area (Å²) in [6.07, 6.45) is 0. The number of carbonyl (C=O) groups excluding carboxylic acids is 2. The molecule has 0 saturated heterocycles. The Morgan fingerprint density at radius 3 is 2.26 bits per heavy atom. The lowest BCUT2D eigenvalue weighted by Gasteiger charge is -2.14. The number of aromatic nitrogens is 1. The average molecular weight is 304 g/mol. The van der Waals surface area contributed by atoms with Gasteiger partial charge in [-0.1, -0.05) is 18.2 Å². The molecule has 4 nitrogen and oxygen atoms in total. The number of H-pyrrole nitrogens is 1. The normalized spacial score (nSPS) is 13.9. The third-order valence-electron chi connectivity index (χ3n) is 4.59. The Labute approximate surface area is 133 Å². The van der Waals surface area contributed by atoms with Gasteiger partial charge >= 0.3 is 0 Å². The molecule has 0 radical (unpaired) electrons. The molecule has 114 valence electrons. The van der Waals surface area contributed by atoms with Crippen LogP contribution in [0, 0.1) is 13.8 Å². The molecule has 0 bridgehead atoms. The van der Waals surface area contributed by atoms with E-state index in [1.807, 2.05) is 19.1 Å². The predicted octanol–water partition coefficient (Wildman–Crippen LogP) is 3.58. The van der Waals surface area contributed by atoms with Crippen molar-refractivity contribution in [2.24, 2.45) is 0 Å². The third kappa shape index (κ3) is 1.99. The number of rotatable bonds is 2. The molecule has 0 saturated carbocycles. The first kappa shape index (κ1) is 13.8. The van der Waals surface area contributed by atoms with E-state index in [2.05, 4.69) is 18.0 Å². The topological polar surface area (TPSA) is 53.2 Å². The van der Waals surface area contributed by atoms with Gasteiger partial charge in [-0.2, -0.15) is 0 Å². The van der Waals surface area contributed by atoms with Gasteiger partial charge in [0, 0.05) is 16.6 Å². The zero-order chi connectivity index (χ0) is 16.1. The lowest BCUT2D eigenvalue weighted by molar-refractivity contribution is 0.0642. The highest BCUT2D eigenvalue weighted by Crippen LogP contribution is 2.27. The predicted molar refractivity (Wildman–Crippen MR) is 88.4 cm³/mol. The van der Waals surface area contributed by atoms with Crippen LogP contribution in [0.3, 0.4) is 0 Å². The number of carbonyl (C=O) groups is 2. The maximum atomic E-state index is 12.4. The van der Waals surface area contributed by atoms with E-state index in [1.54, 1.807) is 24.3 Å². The van der Waals surface area contributed by atoms with Crippen molar-refractivity contribution < 1.29 is 9.59 Å². The summed E-state index contributed by atoms with van der Waals surface area (Å²) in [5.74, 6) is -0.430. The van der Waals surface area contributed by atoms with E-state index in [9.17, 15) is 9.59 Å². The molecule has 1 aliphatic rings. The standard InChI is InChI=1S/C19H16N2O2/c1-11-12(2)20-17-8-7-13(9-16(11)17)10-21-18(22)14-5-3-4-6-15(14)19(21)23/h3-9,20H,10H2,1-2H3. The average Bonchev–Trinajstić information content (AvgIpc) is 2.98. The molecule has 1 aliphatic heterocycles. The highest BCUT2D eigenvalue weighted by Gasteiger charge is 2.34. The number of aromatic amines is 1. The van der Waals surface area contributed by atoms with Gasteiger partial charge in [0.25, 0.3) is 11.8 Å². The van der Waals surface area contributed by atoms with E-state index < -0.39 is 0 Å². The lowest BCUT2D eigenvalue weighted by atomic mass is 10.1. The largest absolute Gasteiger partial charge is 0.358 e. The Morgan fingerprint density at radius 1 is 0.957 bits per heavy atom. The van der Waals surface area contributed by atoms with Gasteiger partial charge in [0.2, 0.25) is 0 Å². The van der Waals surface area contributed by atoms with Crippen LogP contribution in [0.1, 0.15) is 37.5 Å². The SMILES string of the molecule is Cc1[nH]c2ccc(CN3C(=O)c4ccccc4C3=O)cc2c1C. The minimum absolute atomic E-state index is 0.215. The molecule has 1 aromatic heterocycles. The van der Waals surface area contributed by atoms with E-state index >= 15 is 0 Å². The Morgan fingerprint density at radius 2 is 1.61 bits per heavy atom. The number of hydrogen-bond donors (Lipinski definition) is 1. The smallest absolute Gasteiger partial charge is 0.261 e. The van der Waals surface area contributed by atoms with E-state index in [1.165, 1.54) is 10.5 Å². The maximum absolute atomic E-state index is 12.4. The van der Waals surface area contributed by atoms with Crippen molar-refractivity contribution >= 4 is 22.7 Å².